The van der Waals surface area contributed by atoms with Gasteiger partial charge in [0.15, 0.2) is 0 Å². The molecule has 1 nitrogen and oxygen atoms in total. The molecule has 1 atom stereocenters. The third-order valence-electron chi connectivity index (χ3n) is 4.23. The van der Waals surface area contributed by atoms with Gasteiger partial charge in [0.05, 0.1) is 0 Å². The van der Waals surface area contributed by atoms with Crippen molar-refractivity contribution in [1.29, 1.82) is 0 Å². The van der Waals surface area contributed by atoms with Crippen molar-refractivity contribution in [1.82, 2.24) is 5.32 Å². The molecule has 1 unspecified atom stereocenters. The van der Waals surface area contributed by atoms with Gasteiger partial charge in [0, 0.05) is 24.1 Å². The second-order valence-electron chi connectivity index (χ2n) is 6.15. The number of nitrogens with one attached hydrogen (secondary N) is 1. The fourth-order valence-corrected chi connectivity index (χ4v) is 3.75. The molecule has 0 bridgehead atoms. The summed E-state index contributed by atoms with van der Waals surface area (Å²) in [5.41, 5.74) is 4.14. The van der Waals surface area contributed by atoms with Crippen molar-refractivity contribution in [3.8, 4) is 0 Å². The highest BCUT2D eigenvalue weighted by molar-refractivity contribution is 7.98. The zero-order valence-corrected chi connectivity index (χ0v) is 15.3. The lowest BCUT2D eigenvalue weighted by Crippen LogP contribution is -2.25. The van der Waals surface area contributed by atoms with Crippen molar-refractivity contribution in [2.75, 3.05) is 12.3 Å². The Balaban J connectivity index is 1.51. The molecule has 0 saturated heterocycles. The topological polar surface area (TPSA) is 12.0 Å². The van der Waals surface area contributed by atoms with Gasteiger partial charge in [0.25, 0.3) is 0 Å². The van der Waals surface area contributed by atoms with E-state index in [1.165, 1.54) is 16.7 Å². The van der Waals surface area contributed by atoms with Crippen molar-refractivity contribution in [3.05, 3.63) is 108 Å². The smallest absolute Gasteiger partial charge is 0.0361 e. The Morgan fingerprint density at radius 1 is 0.680 bits per heavy atom. The Bertz CT molecular complexity index is 713. The van der Waals surface area contributed by atoms with E-state index in [2.05, 4.69) is 96.3 Å². The first-order valence-electron chi connectivity index (χ1n) is 8.86. The van der Waals surface area contributed by atoms with E-state index in [0.29, 0.717) is 6.04 Å². The van der Waals surface area contributed by atoms with Crippen LogP contribution in [0, 0.1) is 0 Å². The molecule has 0 fully saturated rings. The zero-order valence-electron chi connectivity index (χ0n) is 14.5. The van der Waals surface area contributed by atoms with Crippen LogP contribution in [0.25, 0.3) is 0 Å². The molecule has 3 rings (SSSR count). The van der Waals surface area contributed by atoms with Crippen LogP contribution in [0.5, 0.6) is 0 Å². The molecule has 128 valence electrons. The third kappa shape index (κ3) is 6.08. The van der Waals surface area contributed by atoms with Crippen LogP contribution in [-0.4, -0.2) is 12.3 Å². The molecule has 2 heteroatoms. The van der Waals surface area contributed by atoms with E-state index in [0.717, 1.165) is 24.5 Å². The molecule has 0 aliphatic rings. The van der Waals surface area contributed by atoms with Crippen LogP contribution >= 0.6 is 11.8 Å². The highest BCUT2D eigenvalue weighted by Crippen LogP contribution is 2.19. The van der Waals surface area contributed by atoms with E-state index < -0.39 is 0 Å². The van der Waals surface area contributed by atoms with Gasteiger partial charge in [-0.05, 0) is 23.1 Å². The Morgan fingerprint density at radius 3 is 1.88 bits per heavy atom. The number of rotatable bonds is 9. The average molecular weight is 348 g/mol. The highest BCUT2D eigenvalue weighted by atomic mass is 32.2. The van der Waals surface area contributed by atoms with Gasteiger partial charge in [-0.15, -0.1) is 0 Å². The Labute approximate surface area is 155 Å². The summed E-state index contributed by atoms with van der Waals surface area (Å²) >= 11 is 1.99. The number of benzene rings is 3. The fraction of sp³-hybridized carbons (Fsp3) is 0.217. The summed E-state index contributed by atoms with van der Waals surface area (Å²) in [7, 11) is 0. The summed E-state index contributed by atoms with van der Waals surface area (Å²) in [6.45, 7) is 1.02. The van der Waals surface area contributed by atoms with Gasteiger partial charge in [-0.25, -0.2) is 0 Å². The molecule has 0 heterocycles. The molecule has 0 spiro atoms. The second-order valence-corrected chi connectivity index (χ2v) is 7.25. The molecule has 3 aromatic rings. The van der Waals surface area contributed by atoms with Gasteiger partial charge >= 0.3 is 0 Å². The maximum absolute atomic E-state index is 3.75. The van der Waals surface area contributed by atoms with Gasteiger partial charge in [-0.1, -0.05) is 91.0 Å². The lowest BCUT2D eigenvalue weighted by molar-refractivity contribution is 0.552. The Kier molecular flexibility index (Phi) is 7.16. The van der Waals surface area contributed by atoms with Crippen LogP contribution in [0.2, 0.25) is 0 Å². The van der Waals surface area contributed by atoms with E-state index in [-0.39, 0.29) is 0 Å². The van der Waals surface area contributed by atoms with Crippen LogP contribution in [0.15, 0.2) is 91.0 Å². The molecule has 3 aromatic carbocycles. The van der Waals surface area contributed by atoms with Crippen LogP contribution in [0.3, 0.4) is 0 Å². The molecular weight excluding hydrogens is 322 g/mol. The van der Waals surface area contributed by atoms with Crippen LogP contribution < -0.4 is 5.32 Å². The summed E-state index contributed by atoms with van der Waals surface area (Å²) in [6, 6.07) is 32.6. The SMILES string of the molecule is c1ccc(CSCCNC(Cc2ccccc2)c2ccccc2)cc1. The molecule has 0 aliphatic heterocycles. The Hall–Kier alpha value is -2.03. The van der Waals surface area contributed by atoms with Crippen molar-refractivity contribution >= 4 is 11.8 Å². The van der Waals surface area contributed by atoms with E-state index in [4.69, 9.17) is 0 Å². The Morgan fingerprint density at radius 2 is 1.24 bits per heavy atom. The largest absolute Gasteiger partial charge is 0.309 e. The molecule has 0 saturated carbocycles. The van der Waals surface area contributed by atoms with Gasteiger partial charge < -0.3 is 5.32 Å². The van der Waals surface area contributed by atoms with Gasteiger partial charge in [0.1, 0.15) is 0 Å². The first kappa shape index (κ1) is 17.8. The highest BCUT2D eigenvalue weighted by Gasteiger charge is 2.11. The van der Waals surface area contributed by atoms with Gasteiger partial charge in [-0.3, -0.25) is 0 Å². The molecule has 25 heavy (non-hydrogen) atoms. The molecule has 1 N–H and O–H groups in total. The minimum absolute atomic E-state index is 0.362. The standard InChI is InChI=1S/C23H25NS/c1-4-10-20(11-5-1)18-23(22-14-8-3-9-15-22)24-16-17-25-19-21-12-6-2-7-13-21/h1-15,23-24H,16-19H2. The normalized spacial score (nSPS) is 12.0. The third-order valence-corrected chi connectivity index (χ3v) is 5.26. The first-order valence-corrected chi connectivity index (χ1v) is 10.0. The summed E-state index contributed by atoms with van der Waals surface area (Å²) < 4.78 is 0. The first-order chi connectivity index (χ1) is 12.4. The predicted molar refractivity (Wildman–Crippen MR) is 110 cm³/mol. The van der Waals surface area contributed by atoms with Crippen molar-refractivity contribution < 1.29 is 0 Å². The van der Waals surface area contributed by atoms with Crippen molar-refractivity contribution in [2.45, 2.75) is 18.2 Å². The lowest BCUT2D eigenvalue weighted by Gasteiger charge is -2.19. The quantitative estimate of drug-likeness (QED) is 0.513. The maximum Gasteiger partial charge on any atom is 0.0361 e. The summed E-state index contributed by atoms with van der Waals surface area (Å²) in [5, 5.41) is 3.75. The van der Waals surface area contributed by atoms with Gasteiger partial charge in [0.2, 0.25) is 0 Å². The number of hydrogen-bond donors (Lipinski definition) is 1. The predicted octanol–water partition coefficient (Wildman–Crippen LogP) is 5.49. The van der Waals surface area contributed by atoms with Crippen LogP contribution in [0.1, 0.15) is 22.7 Å². The zero-order chi connectivity index (χ0) is 17.2. The number of hydrogen-bond acceptors (Lipinski definition) is 2. The summed E-state index contributed by atoms with van der Waals surface area (Å²) in [4.78, 5) is 0. The molecule has 0 radical (unpaired) electrons. The van der Waals surface area contributed by atoms with E-state index in [9.17, 15) is 0 Å². The van der Waals surface area contributed by atoms with Crippen LogP contribution in [-0.2, 0) is 12.2 Å². The second kappa shape index (κ2) is 10.1. The minimum Gasteiger partial charge on any atom is -0.309 e. The lowest BCUT2D eigenvalue weighted by atomic mass is 9.99. The summed E-state index contributed by atoms with van der Waals surface area (Å²) in [5.74, 6) is 2.20. The van der Waals surface area contributed by atoms with Crippen molar-refractivity contribution in [3.63, 3.8) is 0 Å². The average Bonchev–Trinajstić information content (AvgIpc) is 2.69. The van der Waals surface area contributed by atoms with Crippen LogP contribution in [0.4, 0.5) is 0 Å². The number of thioether (sulfide) groups is 1. The fourth-order valence-electron chi connectivity index (χ4n) is 2.91. The minimum atomic E-state index is 0.362. The van der Waals surface area contributed by atoms with Crippen molar-refractivity contribution in [2.24, 2.45) is 0 Å². The molecule has 0 aliphatic carbocycles. The maximum atomic E-state index is 3.75. The molecule has 0 aromatic heterocycles. The van der Waals surface area contributed by atoms with E-state index >= 15 is 0 Å². The van der Waals surface area contributed by atoms with E-state index in [1.54, 1.807) is 0 Å². The molecular formula is C23H25NS. The van der Waals surface area contributed by atoms with E-state index in [1.807, 2.05) is 11.8 Å². The van der Waals surface area contributed by atoms with Gasteiger partial charge in [-0.2, -0.15) is 11.8 Å². The molecule has 0 amide bonds. The summed E-state index contributed by atoms with van der Waals surface area (Å²) in [6.07, 6.45) is 1.02. The monoisotopic (exact) mass is 347 g/mol.